The highest BCUT2D eigenvalue weighted by Crippen LogP contribution is 2.41. The third kappa shape index (κ3) is 7.45. The maximum Gasteiger partial charge on any atom is 0.247 e. The minimum atomic E-state index is -0.293. The van der Waals surface area contributed by atoms with Crippen LogP contribution in [0.15, 0.2) is 85.8 Å². The predicted octanol–water partition coefficient (Wildman–Crippen LogP) is 5.35. The maximum atomic E-state index is 12.4. The number of hydrogen-bond donors (Lipinski definition) is 2. The van der Waals surface area contributed by atoms with Crippen molar-refractivity contribution in [3.05, 3.63) is 97.1 Å². The van der Waals surface area contributed by atoms with Crippen LogP contribution in [0.2, 0.25) is 0 Å². The second-order valence-corrected chi connectivity index (χ2v) is 11.6. The summed E-state index contributed by atoms with van der Waals surface area (Å²) in [6.45, 7) is 6.26. The molecule has 4 aromatic rings. The highest BCUT2D eigenvalue weighted by molar-refractivity contribution is 6.02. The Morgan fingerprint density at radius 1 is 1.09 bits per heavy atom. The van der Waals surface area contributed by atoms with E-state index in [-0.39, 0.29) is 11.9 Å². The Morgan fingerprint density at radius 3 is 2.74 bits per heavy atom. The van der Waals surface area contributed by atoms with Gasteiger partial charge in [0.1, 0.15) is 30.3 Å². The molecule has 2 aliphatic heterocycles. The second kappa shape index (κ2) is 14.5. The first-order valence-corrected chi connectivity index (χ1v) is 15.6. The van der Waals surface area contributed by atoms with Crippen LogP contribution in [0.1, 0.15) is 30.1 Å². The Bertz CT molecular complexity index is 1700. The lowest BCUT2D eigenvalue weighted by Crippen LogP contribution is -2.31. The molecule has 2 aromatic carbocycles. The number of carbonyl (C=O) groups is 1. The molecule has 2 saturated heterocycles. The minimum Gasteiger partial charge on any atom is -0.494 e. The Kier molecular flexibility index (Phi) is 9.79. The number of nitrogens with zero attached hydrogens (tertiary/aromatic N) is 6. The van der Waals surface area contributed by atoms with E-state index < -0.39 is 0 Å². The maximum absolute atomic E-state index is 12.4. The Hall–Kier alpha value is -5.20. The Morgan fingerprint density at radius 2 is 1.98 bits per heavy atom. The van der Waals surface area contributed by atoms with Gasteiger partial charge in [0.05, 0.1) is 42.5 Å². The molecule has 2 aromatic heterocycles. The second-order valence-electron chi connectivity index (χ2n) is 11.6. The molecular weight excluding hydrogens is 596 g/mol. The van der Waals surface area contributed by atoms with Gasteiger partial charge in [-0.25, -0.2) is 15.0 Å². The molecule has 4 heterocycles. The number of pyridine rings is 1. The van der Waals surface area contributed by atoms with E-state index in [1.807, 2.05) is 59.7 Å². The SMILES string of the molecule is C=CC(=O)Nc1cc(Nc2cc(N3OCCC3c3cccc(OCc4ccccn4)c3)ncn2)c(OC)cc1N1CCC(N(C)C)C1. The minimum absolute atomic E-state index is 0.0721. The molecule has 2 aliphatic rings. The predicted molar refractivity (Wildman–Crippen MR) is 182 cm³/mol. The van der Waals surface area contributed by atoms with Gasteiger partial charge in [0, 0.05) is 43.9 Å². The van der Waals surface area contributed by atoms with Crippen molar-refractivity contribution in [2.45, 2.75) is 31.5 Å². The number of aromatic nitrogens is 3. The molecule has 6 rings (SSSR count). The van der Waals surface area contributed by atoms with Gasteiger partial charge in [-0.05, 0) is 62.5 Å². The van der Waals surface area contributed by atoms with Crippen molar-refractivity contribution in [1.82, 2.24) is 19.9 Å². The number of amides is 1. The fraction of sp³-hybridized carbons (Fsp3) is 0.314. The molecular formula is C35H40N8O4. The summed E-state index contributed by atoms with van der Waals surface area (Å²) in [5.74, 6) is 2.22. The summed E-state index contributed by atoms with van der Waals surface area (Å²) < 4.78 is 11.8. The molecule has 2 N–H and O–H groups in total. The van der Waals surface area contributed by atoms with Gasteiger partial charge in [0.2, 0.25) is 5.91 Å². The Labute approximate surface area is 275 Å². The van der Waals surface area contributed by atoms with Crippen LogP contribution in [0.4, 0.5) is 28.7 Å². The van der Waals surface area contributed by atoms with Gasteiger partial charge in [0.25, 0.3) is 0 Å². The van der Waals surface area contributed by atoms with Crippen molar-refractivity contribution in [2.75, 3.05) is 61.5 Å². The fourth-order valence-corrected chi connectivity index (χ4v) is 5.89. The zero-order chi connectivity index (χ0) is 32.8. The zero-order valence-electron chi connectivity index (χ0n) is 26.9. The average Bonchev–Trinajstić information content (AvgIpc) is 3.80. The molecule has 244 valence electrons. The van der Waals surface area contributed by atoms with E-state index >= 15 is 0 Å². The molecule has 0 aliphatic carbocycles. The first-order valence-electron chi connectivity index (χ1n) is 15.6. The normalized spacial score (nSPS) is 17.5. The smallest absolute Gasteiger partial charge is 0.247 e. The molecule has 2 fully saturated rings. The fourth-order valence-electron chi connectivity index (χ4n) is 5.89. The van der Waals surface area contributed by atoms with E-state index in [4.69, 9.17) is 14.3 Å². The van der Waals surface area contributed by atoms with Crippen molar-refractivity contribution in [1.29, 1.82) is 0 Å². The van der Waals surface area contributed by atoms with Crippen molar-refractivity contribution in [3.63, 3.8) is 0 Å². The quantitative estimate of drug-likeness (QED) is 0.196. The van der Waals surface area contributed by atoms with E-state index in [1.165, 1.54) is 12.4 Å². The zero-order valence-corrected chi connectivity index (χ0v) is 26.9. The highest BCUT2D eigenvalue weighted by Gasteiger charge is 2.30. The number of methoxy groups -OCH3 is 1. The number of ether oxygens (including phenoxy) is 2. The summed E-state index contributed by atoms with van der Waals surface area (Å²) in [5, 5.41) is 8.17. The van der Waals surface area contributed by atoms with Gasteiger partial charge >= 0.3 is 0 Å². The number of carbonyl (C=O) groups excluding carboxylic acids is 1. The highest BCUT2D eigenvalue weighted by atomic mass is 16.7. The number of hydrogen-bond acceptors (Lipinski definition) is 11. The molecule has 0 bridgehead atoms. The van der Waals surface area contributed by atoms with Crippen molar-refractivity contribution < 1.29 is 19.1 Å². The van der Waals surface area contributed by atoms with Gasteiger partial charge < -0.3 is 29.9 Å². The van der Waals surface area contributed by atoms with Gasteiger partial charge in [0.15, 0.2) is 5.82 Å². The van der Waals surface area contributed by atoms with Gasteiger partial charge in [-0.1, -0.05) is 24.8 Å². The number of rotatable bonds is 12. The van der Waals surface area contributed by atoms with E-state index in [0.717, 1.165) is 48.6 Å². The van der Waals surface area contributed by atoms with Gasteiger partial charge in [-0.2, -0.15) is 0 Å². The van der Waals surface area contributed by atoms with Crippen LogP contribution in [-0.4, -0.2) is 72.7 Å². The third-order valence-corrected chi connectivity index (χ3v) is 8.40. The number of hydroxylamine groups is 1. The van der Waals surface area contributed by atoms with Crippen LogP contribution in [-0.2, 0) is 16.2 Å². The van der Waals surface area contributed by atoms with Crippen molar-refractivity contribution >= 4 is 34.6 Å². The van der Waals surface area contributed by atoms with Crippen LogP contribution in [0.5, 0.6) is 11.5 Å². The third-order valence-electron chi connectivity index (χ3n) is 8.40. The van der Waals surface area contributed by atoms with Crippen molar-refractivity contribution in [3.8, 4) is 11.5 Å². The lowest BCUT2D eigenvalue weighted by Gasteiger charge is -2.26. The molecule has 1 amide bonds. The number of benzene rings is 2. The Balaban J connectivity index is 1.22. The average molecular weight is 637 g/mol. The summed E-state index contributed by atoms with van der Waals surface area (Å²) in [6.07, 6.45) is 6.32. The largest absolute Gasteiger partial charge is 0.494 e. The number of nitrogens with one attached hydrogen (secondary N) is 2. The van der Waals surface area contributed by atoms with Crippen LogP contribution in [0.25, 0.3) is 0 Å². The topological polar surface area (TPSA) is 117 Å². The first kappa shape index (κ1) is 31.8. The molecule has 0 spiro atoms. The summed E-state index contributed by atoms with van der Waals surface area (Å²) in [7, 11) is 5.80. The summed E-state index contributed by atoms with van der Waals surface area (Å²) in [6, 6.07) is 19.8. The molecule has 12 heteroatoms. The summed E-state index contributed by atoms with van der Waals surface area (Å²) in [5.41, 5.74) is 4.09. The molecule has 12 nitrogen and oxygen atoms in total. The van der Waals surface area contributed by atoms with E-state index in [1.54, 1.807) is 13.3 Å². The monoisotopic (exact) mass is 636 g/mol. The van der Waals surface area contributed by atoms with E-state index in [0.29, 0.717) is 48.0 Å². The lowest BCUT2D eigenvalue weighted by molar-refractivity contribution is -0.111. The molecule has 2 unspecified atom stereocenters. The lowest BCUT2D eigenvalue weighted by atomic mass is 10.0. The molecule has 0 saturated carbocycles. The van der Waals surface area contributed by atoms with Crippen LogP contribution < -0.4 is 30.1 Å². The summed E-state index contributed by atoms with van der Waals surface area (Å²) in [4.78, 5) is 36.4. The standard InChI is InChI=1S/C35H40N8O4/c1-5-35(44)40-28-18-29(32(45-4)19-31(28)42-15-12-26(21-42)41(2)3)39-33-20-34(38-23-37-33)43-30(13-16-47-43)24-9-8-11-27(17-24)46-22-25-10-6-7-14-36-25/h5-11,14,17-20,23,26,30H,1,12-13,15-16,21-22H2,2-4H3,(H,40,44)(H,37,38,39). The van der Waals surface area contributed by atoms with Gasteiger partial charge in [-0.3, -0.25) is 14.6 Å². The van der Waals surface area contributed by atoms with Crippen molar-refractivity contribution in [2.24, 2.45) is 0 Å². The number of anilines is 5. The first-order chi connectivity index (χ1) is 22.9. The van der Waals surface area contributed by atoms with Crippen LogP contribution >= 0.6 is 0 Å². The molecule has 0 radical (unpaired) electrons. The molecule has 2 atom stereocenters. The molecule has 47 heavy (non-hydrogen) atoms. The van der Waals surface area contributed by atoms with E-state index in [9.17, 15) is 4.79 Å². The van der Waals surface area contributed by atoms with E-state index in [2.05, 4.69) is 62.1 Å². The number of likely N-dealkylation sites (N-methyl/N-ethyl adjacent to an activating group) is 1. The van der Waals surface area contributed by atoms with Gasteiger partial charge in [-0.15, -0.1) is 0 Å². The van der Waals surface area contributed by atoms with Crippen LogP contribution in [0.3, 0.4) is 0 Å². The summed E-state index contributed by atoms with van der Waals surface area (Å²) >= 11 is 0. The van der Waals surface area contributed by atoms with Crippen LogP contribution in [0, 0.1) is 0 Å².